The van der Waals surface area contributed by atoms with Gasteiger partial charge in [0, 0.05) is 42.8 Å². The van der Waals surface area contributed by atoms with Gasteiger partial charge in [-0.3, -0.25) is 19.6 Å². The molecule has 0 saturated carbocycles. The minimum absolute atomic E-state index is 0.119. The van der Waals surface area contributed by atoms with Gasteiger partial charge >= 0.3 is 0 Å². The van der Waals surface area contributed by atoms with E-state index in [1.807, 2.05) is 35.7 Å². The number of hydrogen-bond donors (Lipinski definition) is 3. The first-order valence-corrected chi connectivity index (χ1v) is 12.4. The number of carbonyl (C=O) groups is 2. The van der Waals surface area contributed by atoms with Crippen LogP contribution in [0.15, 0.2) is 41.9 Å². The molecule has 174 valence electrons. The lowest BCUT2D eigenvalue weighted by molar-refractivity contribution is -0.122. The van der Waals surface area contributed by atoms with Crippen LogP contribution in [0.1, 0.15) is 30.1 Å². The molecule has 2 atom stereocenters. The van der Waals surface area contributed by atoms with E-state index in [4.69, 9.17) is 9.84 Å². The Hall–Kier alpha value is -3.27. The minimum Gasteiger partial charge on any atom is -0.385 e. The van der Waals surface area contributed by atoms with Gasteiger partial charge < -0.3 is 15.0 Å². The molecule has 0 spiro atoms. The first kappa shape index (κ1) is 21.3. The SMILES string of the molecule is COCCC(C1CCNC1)n1nc(C2=C(c3c[nH]c4sccc34)C(=O)NC2=O)c2ccccc21. The molecule has 6 rings (SSSR count). The zero-order valence-corrected chi connectivity index (χ0v) is 19.6. The summed E-state index contributed by atoms with van der Waals surface area (Å²) in [6, 6.07) is 10.0. The van der Waals surface area contributed by atoms with Crippen LogP contribution in [-0.4, -0.2) is 53.4 Å². The summed E-state index contributed by atoms with van der Waals surface area (Å²) in [7, 11) is 1.71. The number of hydrogen-bond acceptors (Lipinski definition) is 6. The van der Waals surface area contributed by atoms with Crippen molar-refractivity contribution in [1.82, 2.24) is 25.4 Å². The Morgan fingerprint density at radius 1 is 1.18 bits per heavy atom. The van der Waals surface area contributed by atoms with Gasteiger partial charge in [-0.25, -0.2) is 0 Å². The molecule has 0 radical (unpaired) electrons. The van der Waals surface area contributed by atoms with Crippen molar-refractivity contribution < 1.29 is 14.3 Å². The number of carbonyl (C=O) groups excluding carboxylic acids is 2. The molecular formula is C25H25N5O3S. The smallest absolute Gasteiger partial charge is 0.261 e. The molecule has 8 nitrogen and oxygen atoms in total. The van der Waals surface area contributed by atoms with E-state index in [-0.39, 0.29) is 11.9 Å². The standard InChI is InChI=1S/C25H25N5O3S/c1-33-10-7-18(14-6-9-26-12-14)30-19-5-3-2-4-16(19)22(29-30)21-20(23(31)28-24(21)32)17-13-27-25-15(17)8-11-34-25/h2-5,8,11,13-14,18,26-27H,6-7,9-10,12H2,1H3,(H,28,31,32). The molecule has 5 heterocycles. The molecule has 34 heavy (non-hydrogen) atoms. The number of benzene rings is 1. The van der Waals surface area contributed by atoms with E-state index in [2.05, 4.69) is 20.3 Å². The second-order valence-corrected chi connectivity index (χ2v) is 9.73. The first-order valence-electron chi connectivity index (χ1n) is 11.5. The Bertz CT molecular complexity index is 1440. The Morgan fingerprint density at radius 2 is 2.03 bits per heavy atom. The molecule has 0 aliphatic carbocycles. The van der Waals surface area contributed by atoms with E-state index >= 15 is 0 Å². The predicted octanol–water partition coefficient (Wildman–Crippen LogP) is 3.33. The zero-order valence-electron chi connectivity index (χ0n) is 18.8. The maximum Gasteiger partial charge on any atom is 0.261 e. The number of aromatic amines is 1. The van der Waals surface area contributed by atoms with Crippen molar-refractivity contribution in [2.75, 3.05) is 26.8 Å². The number of amides is 2. The van der Waals surface area contributed by atoms with Gasteiger partial charge in [0.25, 0.3) is 11.8 Å². The number of rotatable bonds is 7. The van der Waals surface area contributed by atoms with Crippen molar-refractivity contribution in [3.05, 3.63) is 53.2 Å². The number of imide groups is 1. The van der Waals surface area contributed by atoms with Crippen molar-refractivity contribution in [2.45, 2.75) is 18.9 Å². The molecule has 1 saturated heterocycles. The van der Waals surface area contributed by atoms with Crippen molar-refractivity contribution in [3.63, 3.8) is 0 Å². The Morgan fingerprint density at radius 3 is 2.85 bits per heavy atom. The van der Waals surface area contributed by atoms with E-state index in [1.165, 1.54) is 0 Å². The number of para-hydroxylation sites is 1. The van der Waals surface area contributed by atoms with Gasteiger partial charge in [-0.1, -0.05) is 18.2 Å². The zero-order chi connectivity index (χ0) is 23.2. The van der Waals surface area contributed by atoms with Crippen molar-refractivity contribution >= 4 is 55.4 Å². The summed E-state index contributed by atoms with van der Waals surface area (Å²) in [5, 5.41) is 14.8. The Balaban J connectivity index is 1.57. The van der Waals surface area contributed by atoms with E-state index < -0.39 is 5.91 Å². The van der Waals surface area contributed by atoms with E-state index in [0.29, 0.717) is 29.4 Å². The number of nitrogens with one attached hydrogen (secondary N) is 3. The van der Waals surface area contributed by atoms with Crippen LogP contribution in [0.5, 0.6) is 0 Å². The lowest BCUT2D eigenvalue weighted by atomic mass is 9.96. The molecule has 0 bridgehead atoms. The predicted molar refractivity (Wildman–Crippen MR) is 132 cm³/mol. The fraction of sp³-hybridized carbons (Fsp3) is 0.320. The summed E-state index contributed by atoms with van der Waals surface area (Å²) in [6.45, 7) is 2.53. The van der Waals surface area contributed by atoms with E-state index in [1.54, 1.807) is 24.6 Å². The molecule has 2 aliphatic rings. The lowest BCUT2D eigenvalue weighted by Crippen LogP contribution is -2.24. The molecule has 3 N–H and O–H groups in total. The molecular weight excluding hydrogens is 450 g/mol. The minimum atomic E-state index is -0.407. The van der Waals surface area contributed by atoms with Crippen LogP contribution >= 0.6 is 11.3 Å². The molecule has 3 aromatic heterocycles. The number of H-pyrrole nitrogens is 1. The maximum absolute atomic E-state index is 13.1. The van der Waals surface area contributed by atoms with Crippen molar-refractivity contribution in [3.8, 4) is 0 Å². The second kappa shape index (κ2) is 8.50. The van der Waals surface area contributed by atoms with Gasteiger partial charge in [0.05, 0.1) is 22.7 Å². The fourth-order valence-corrected chi connectivity index (χ4v) is 6.09. The van der Waals surface area contributed by atoms with Crippen LogP contribution < -0.4 is 10.6 Å². The monoisotopic (exact) mass is 475 g/mol. The van der Waals surface area contributed by atoms with Crippen LogP contribution in [0.3, 0.4) is 0 Å². The Kier molecular flexibility index (Phi) is 5.32. The largest absolute Gasteiger partial charge is 0.385 e. The average Bonchev–Trinajstić information content (AvgIpc) is 3.64. The molecule has 2 unspecified atom stereocenters. The third-order valence-corrected chi connectivity index (χ3v) is 7.77. The highest BCUT2D eigenvalue weighted by molar-refractivity contribution is 7.16. The number of ether oxygens (including phenoxy) is 1. The highest BCUT2D eigenvalue weighted by Gasteiger charge is 2.37. The van der Waals surface area contributed by atoms with E-state index in [0.717, 1.165) is 52.6 Å². The second-order valence-electron chi connectivity index (χ2n) is 8.81. The van der Waals surface area contributed by atoms with Crippen LogP contribution in [0, 0.1) is 5.92 Å². The topological polar surface area (TPSA) is 101 Å². The van der Waals surface area contributed by atoms with Gasteiger partial charge in [-0.2, -0.15) is 5.10 Å². The Labute approximate surface area is 200 Å². The van der Waals surface area contributed by atoms with Crippen LogP contribution in [0.4, 0.5) is 0 Å². The third-order valence-electron chi connectivity index (χ3n) is 6.93. The summed E-state index contributed by atoms with van der Waals surface area (Å²) in [6.07, 6.45) is 3.68. The maximum atomic E-state index is 13.1. The van der Waals surface area contributed by atoms with Crippen LogP contribution in [0.25, 0.3) is 32.3 Å². The number of aromatic nitrogens is 3. The van der Waals surface area contributed by atoms with Crippen molar-refractivity contribution in [2.24, 2.45) is 5.92 Å². The number of thiophene rings is 1. The third kappa shape index (κ3) is 3.31. The highest BCUT2D eigenvalue weighted by atomic mass is 32.1. The van der Waals surface area contributed by atoms with Gasteiger partial charge in [-0.15, -0.1) is 11.3 Å². The molecule has 9 heteroatoms. The summed E-state index contributed by atoms with van der Waals surface area (Å²) in [5.41, 5.74) is 2.94. The van der Waals surface area contributed by atoms with Gasteiger partial charge in [0.2, 0.25) is 0 Å². The van der Waals surface area contributed by atoms with E-state index in [9.17, 15) is 9.59 Å². The molecule has 4 aromatic rings. The normalized spacial score (nSPS) is 19.6. The lowest BCUT2D eigenvalue weighted by Gasteiger charge is -2.24. The van der Waals surface area contributed by atoms with Gasteiger partial charge in [0.1, 0.15) is 10.5 Å². The van der Waals surface area contributed by atoms with Gasteiger partial charge in [-0.05, 0) is 42.8 Å². The van der Waals surface area contributed by atoms with Gasteiger partial charge in [0.15, 0.2) is 0 Å². The number of methoxy groups -OCH3 is 1. The molecule has 2 aliphatic heterocycles. The fourth-order valence-electron chi connectivity index (χ4n) is 5.32. The van der Waals surface area contributed by atoms with Crippen LogP contribution in [0.2, 0.25) is 0 Å². The average molecular weight is 476 g/mol. The van der Waals surface area contributed by atoms with Crippen molar-refractivity contribution in [1.29, 1.82) is 0 Å². The first-order chi connectivity index (χ1) is 16.7. The number of fused-ring (bicyclic) bond motifs is 2. The highest BCUT2D eigenvalue weighted by Crippen LogP contribution is 2.39. The molecule has 1 aromatic carbocycles. The molecule has 1 fully saturated rings. The number of nitrogens with zero attached hydrogens (tertiary/aromatic N) is 2. The van der Waals surface area contributed by atoms with Crippen LogP contribution in [-0.2, 0) is 14.3 Å². The summed E-state index contributed by atoms with van der Waals surface area (Å²) in [5.74, 6) is -0.383. The summed E-state index contributed by atoms with van der Waals surface area (Å²) in [4.78, 5) is 30.3. The summed E-state index contributed by atoms with van der Waals surface area (Å²) >= 11 is 1.57. The molecule has 2 amide bonds. The quantitative estimate of drug-likeness (QED) is 0.356. The summed E-state index contributed by atoms with van der Waals surface area (Å²) < 4.78 is 7.48.